The van der Waals surface area contributed by atoms with E-state index >= 15 is 0 Å². The zero-order valence-corrected chi connectivity index (χ0v) is 16.4. The first-order chi connectivity index (χ1) is 13.5. The van der Waals surface area contributed by atoms with Gasteiger partial charge in [-0.3, -0.25) is 9.59 Å². The number of anilines is 1. The van der Waals surface area contributed by atoms with E-state index in [1.165, 1.54) is 0 Å². The van der Waals surface area contributed by atoms with Gasteiger partial charge < -0.3 is 19.7 Å². The average molecular weight is 403 g/mol. The zero-order valence-electron chi connectivity index (χ0n) is 15.7. The smallest absolute Gasteiger partial charge is 0.257 e. The van der Waals surface area contributed by atoms with Crippen LogP contribution in [0.4, 0.5) is 5.69 Å². The van der Waals surface area contributed by atoms with E-state index < -0.39 is 0 Å². The van der Waals surface area contributed by atoms with Crippen LogP contribution in [0.2, 0.25) is 5.02 Å². The van der Waals surface area contributed by atoms with Crippen molar-refractivity contribution >= 4 is 29.1 Å². The van der Waals surface area contributed by atoms with Gasteiger partial charge in [0.2, 0.25) is 5.91 Å². The molecule has 1 fully saturated rings. The van der Waals surface area contributed by atoms with Crippen molar-refractivity contribution in [3.63, 3.8) is 0 Å². The van der Waals surface area contributed by atoms with Gasteiger partial charge in [-0.1, -0.05) is 11.6 Å². The molecule has 3 rings (SSSR count). The molecule has 0 aliphatic carbocycles. The molecule has 148 valence electrons. The molecular formula is C21H23ClN2O4. The molecule has 1 heterocycles. The molecule has 2 amide bonds. The predicted octanol–water partition coefficient (Wildman–Crippen LogP) is 3.29. The van der Waals surface area contributed by atoms with Gasteiger partial charge in [0.05, 0.1) is 6.61 Å². The van der Waals surface area contributed by atoms with E-state index in [2.05, 4.69) is 5.32 Å². The number of nitrogens with one attached hydrogen (secondary N) is 1. The summed E-state index contributed by atoms with van der Waals surface area (Å²) in [5.41, 5.74) is 0.821. The molecule has 0 spiro atoms. The minimum absolute atomic E-state index is 0.0483. The monoisotopic (exact) mass is 402 g/mol. The van der Waals surface area contributed by atoms with Gasteiger partial charge in [-0.2, -0.15) is 0 Å². The standard InChI is InChI=1S/C21H23ClN2O4/c1-2-27-18-7-9-19(10-8-18)28-14-20(25)23-12-15-11-21(26)24(13-15)17-5-3-16(22)4-6-17/h3-10,15H,2,11-14H2,1H3,(H,23,25). The number of rotatable bonds is 8. The highest BCUT2D eigenvalue weighted by atomic mass is 35.5. The highest BCUT2D eigenvalue weighted by Gasteiger charge is 2.30. The Morgan fingerprint density at radius 3 is 2.39 bits per heavy atom. The Kier molecular flexibility index (Phi) is 6.76. The summed E-state index contributed by atoms with van der Waals surface area (Å²) in [5, 5.41) is 3.47. The van der Waals surface area contributed by atoms with Crippen LogP contribution in [-0.2, 0) is 9.59 Å². The summed E-state index contributed by atoms with van der Waals surface area (Å²) in [6.45, 7) is 3.44. The Morgan fingerprint density at radius 1 is 1.11 bits per heavy atom. The number of benzene rings is 2. The topological polar surface area (TPSA) is 67.9 Å². The van der Waals surface area contributed by atoms with Crippen molar-refractivity contribution in [2.75, 3.05) is 31.2 Å². The lowest BCUT2D eigenvalue weighted by atomic mass is 10.1. The molecule has 2 aromatic carbocycles. The van der Waals surface area contributed by atoms with Gasteiger partial charge in [-0.25, -0.2) is 0 Å². The molecule has 7 heteroatoms. The van der Waals surface area contributed by atoms with Crippen LogP contribution in [-0.4, -0.2) is 38.1 Å². The fourth-order valence-electron chi connectivity index (χ4n) is 3.05. The Morgan fingerprint density at radius 2 is 1.75 bits per heavy atom. The van der Waals surface area contributed by atoms with E-state index in [0.29, 0.717) is 36.9 Å². The van der Waals surface area contributed by atoms with E-state index in [9.17, 15) is 9.59 Å². The van der Waals surface area contributed by atoms with Gasteiger partial charge in [0.25, 0.3) is 5.91 Å². The van der Waals surface area contributed by atoms with E-state index in [-0.39, 0.29) is 24.3 Å². The van der Waals surface area contributed by atoms with Crippen molar-refractivity contribution in [1.82, 2.24) is 5.32 Å². The zero-order chi connectivity index (χ0) is 19.9. The molecule has 2 aromatic rings. The molecule has 0 radical (unpaired) electrons. The molecule has 1 atom stereocenters. The van der Waals surface area contributed by atoms with E-state index in [0.717, 1.165) is 11.4 Å². The largest absolute Gasteiger partial charge is 0.494 e. The number of nitrogens with zero attached hydrogens (tertiary/aromatic N) is 1. The van der Waals surface area contributed by atoms with Gasteiger partial charge >= 0.3 is 0 Å². The van der Waals surface area contributed by atoms with Crippen molar-refractivity contribution in [2.24, 2.45) is 5.92 Å². The molecule has 0 bridgehead atoms. The summed E-state index contributed by atoms with van der Waals surface area (Å²) >= 11 is 5.89. The van der Waals surface area contributed by atoms with Crippen molar-refractivity contribution in [2.45, 2.75) is 13.3 Å². The molecule has 1 unspecified atom stereocenters. The molecule has 1 saturated heterocycles. The minimum Gasteiger partial charge on any atom is -0.494 e. The Balaban J connectivity index is 1.42. The van der Waals surface area contributed by atoms with Gasteiger partial charge in [0, 0.05) is 36.1 Å². The molecular weight excluding hydrogens is 380 g/mol. The van der Waals surface area contributed by atoms with Gasteiger partial charge in [-0.05, 0) is 55.5 Å². The van der Waals surface area contributed by atoms with Crippen LogP contribution in [0.3, 0.4) is 0 Å². The third kappa shape index (κ3) is 5.39. The maximum absolute atomic E-state index is 12.2. The Bertz CT molecular complexity index is 808. The number of halogens is 1. The third-order valence-corrected chi connectivity index (χ3v) is 4.69. The first-order valence-electron chi connectivity index (χ1n) is 9.23. The summed E-state index contributed by atoms with van der Waals surface area (Å²) in [4.78, 5) is 26.0. The first kappa shape index (κ1) is 20.0. The molecule has 0 aromatic heterocycles. The van der Waals surface area contributed by atoms with Gasteiger partial charge in [-0.15, -0.1) is 0 Å². The van der Waals surface area contributed by atoms with Crippen LogP contribution in [0, 0.1) is 5.92 Å². The summed E-state index contributed by atoms with van der Waals surface area (Å²) in [6.07, 6.45) is 0.405. The lowest BCUT2D eigenvalue weighted by Crippen LogP contribution is -2.34. The quantitative estimate of drug-likeness (QED) is 0.735. The number of ether oxygens (including phenoxy) is 2. The van der Waals surface area contributed by atoms with Crippen LogP contribution < -0.4 is 19.7 Å². The highest BCUT2D eigenvalue weighted by molar-refractivity contribution is 6.30. The fourth-order valence-corrected chi connectivity index (χ4v) is 3.17. The van der Waals surface area contributed by atoms with E-state index in [4.69, 9.17) is 21.1 Å². The Hall–Kier alpha value is -2.73. The SMILES string of the molecule is CCOc1ccc(OCC(=O)NCC2CC(=O)N(c3ccc(Cl)cc3)C2)cc1. The number of carbonyl (C=O) groups is 2. The maximum Gasteiger partial charge on any atom is 0.257 e. The summed E-state index contributed by atoms with van der Waals surface area (Å²) in [5.74, 6) is 1.26. The van der Waals surface area contributed by atoms with Crippen molar-refractivity contribution in [1.29, 1.82) is 0 Å². The summed E-state index contributed by atoms with van der Waals surface area (Å²) in [6, 6.07) is 14.3. The molecule has 6 nitrogen and oxygen atoms in total. The minimum atomic E-state index is -0.216. The van der Waals surface area contributed by atoms with Crippen LogP contribution in [0.25, 0.3) is 0 Å². The number of amides is 2. The number of hydrogen-bond acceptors (Lipinski definition) is 4. The van der Waals surface area contributed by atoms with Crippen LogP contribution >= 0.6 is 11.6 Å². The summed E-state index contributed by atoms with van der Waals surface area (Å²) in [7, 11) is 0. The molecule has 1 N–H and O–H groups in total. The lowest BCUT2D eigenvalue weighted by molar-refractivity contribution is -0.123. The fraction of sp³-hybridized carbons (Fsp3) is 0.333. The normalized spacial score (nSPS) is 16.1. The van der Waals surface area contributed by atoms with Gasteiger partial charge in [0.1, 0.15) is 11.5 Å². The van der Waals surface area contributed by atoms with Crippen molar-refractivity contribution in [3.8, 4) is 11.5 Å². The second-order valence-corrected chi connectivity index (χ2v) is 6.98. The molecule has 1 aliphatic rings. The summed E-state index contributed by atoms with van der Waals surface area (Å²) < 4.78 is 10.8. The third-order valence-electron chi connectivity index (χ3n) is 4.44. The lowest BCUT2D eigenvalue weighted by Gasteiger charge is -2.17. The molecule has 28 heavy (non-hydrogen) atoms. The molecule has 1 aliphatic heterocycles. The number of hydrogen-bond donors (Lipinski definition) is 1. The van der Waals surface area contributed by atoms with E-state index in [1.54, 1.807) is 41.3 Å². The van der Waals surface area contributed by atoms with Crippen molar-refractivity contribution in [3.05, 3.63) is 53.6 Å². The van der Waals surface area contributed by atoms with Crippen LogP contribution in [0.1, 0.15) is 13.3 Å². The first-order valence-corrected chi connectivity index (χ1v) is 9.61. The maximum atomic E-state index is 12.2. The predicted molar refractivity (Wildman–Crippen MR) is 108 cm³/mol. The second-order valence-electron chi connectivity index (χ2n) is 6.55. The van der Waals surface area contributed by atoms with Gasteiger partial charge in [0.15, 0.2) is 6.61 Å². The average Bonchev–Trinajstić information content (AvgIpc) is 3.07. The second kappa shape index (κ2) is 9.46. The van der Waals surface area contributed by atoms with E-state index in [1.807, 2.05) is 19.1 Å². The molecule has 0 saturated carbocycles. The van der Waals surface area contributed by atoms with Crippen LogP contribution in [0.5, 0.6) is 11.5 Å². The number of carbonyl (C=O) groups excluding carboxylic acids is 2. The Labute approximate surface area is 169 Å². The van der Waals surface area contributed by atoms with Crippen molar-refractivity contribution < 1.29 is 19.1 Å². The van der Waals surface area contributed by atoms with Crippen LogP contribution in [0.15, 0.2) is 48.5 Å². The highest BCUT2D eigenvalue weighted by Crippen LogP contribution is 2.26.